The molecule has 218 valence electrons. The van der Waals surface area contributed by atoms with Crippen molar-refractivity contribution in [2.75, 3.05) is 7.11 Å². The summed E-state index contributed by atoms with van der Waals surface area (Å²) < 4.78 is 32.6. The van der Waals surface area contributed by atoms with Crippen LogP contribution in [0.1, 0.15) is 41.5 Å². The van der Waals surface area contributed by atoms with Crippen LogP contribution in [0.5, 0.6) is 0 Å². The summed E-state index contributed by atoms with van der Waals surface area (Å²) >= 11 is 0. The van der Waals surface area contributed by atoms with E-state index in [1.807, 2.05) is 0 Å². The highest BCUT2D eigenvalue weighted by atomic mass is 16.6. The highest BCUT2D eigenvalue weighted by molar-refractivity contribution is 5.94. The molecule has 1 N–H and O–H groups in total. The number of epoxide rings is 1. The first-order valence-corrected chi connectivity index (χ1v) is 12.6. The van der Waals surface area contributed by atoms with Gasteiger partial charge in [-0.25, -0.2) is 19.2 Å². The third-order valence-corrected chi connectivity index (χ3v) is 7.17. The number of hydrogen-bond donors (Lipinski definition) is 1. The van der Waals surface area contributed by atoms with Crippen LogP contribution in [0.3, 0.4) is 0 Å². The first-order chi connectivity index (χ1) is 18.6. The summed E-state index contributed by atoms with van der Waals surface area (Å²) in [4.78, 5) is 63.7. The molecule has 2 saturated heterocycles. The van der Waals surface area contributed by atoms with Gasteiger partial charge in [-0.3, -0.25) is 4.79 Å². The van der Waals surface area contributed by atoms with E-state index in [4.69, 9.17) is 28.4 Å². The average molecular weight is 563 g/mol. The molecule has 0 aromatic carbocycles. The smallest absolute Gasteiger partial charge is 0.342 e. The molecule has 0 amide bonds. The van der Waals surface area contributed by atoms with E-state index in [0.29, 0.717) is 5.57 Å². The van der Waals surface area contributed by atoms with E-state index in [0.717, 1.165) is 21.0 Å². The predicted octanol–water partition coefficient (Wildman–Crippen LogP) is 1.40. The zero-order valence-corrected chi connectivity index (χ0v) is 23.4. The Morgan fingerprint density at radius 2 is 1.80 bits per heavy atom. The first-order valence-electron chi connectivity index (χ1n) is 12.6. The zero-order valence-electron chi connectivity index (χ0n) is 23.4. The van der Waals surface area contributed by atoms with Gasteiger partial charge in [0.25, 0.3) is 0 Å². The highest BCUT2D eigenvalue weighted by Crippen LogP contribution is 2.41. The quantitative estimate of drug-likeness (QED) is 0.156. The van der Waals surface area contributed by atoms with Gasteiger partial charge >= 0.3 is 29.8 Å². The summed E-state index contributed by atoms with van der Waals surface area (Å²) in [5.74, 6) is -5.75. The lowest BCUT2D eigenvalue weighted by Gasteiger charge is -2.35. The molecule has 3 aliphatic rings. The normalized spacial score (nSPS) is 32.8. The summed E-state index contributed by atoms with van der Waals surface area (Å²) in [6.07, 6.45) is -2.30. The summed E-state index contributed by atoms with van der Waals surface area (Å²) in [6, 6.07) is 0. The van der Waals surface area contributed by atoms with Gasteiger partial charge in [0.1, 0.15) is 24.4 Å². The van der Waals surface area contributed by atoms with Crippen LogP contribution < -0.4 is 0 Å². The number of aliphatic hydroxyl groups is 1. The van der Waals surface area contributed by atoms with Gasteiger partial charge < -0.3 is 33.5 Å². The molecule has 12 nitrogen and oxygen atoms in total. The van der Waals surface area contributed by atoms with E-state index >= 15 is 0 Å². The van der Waals surface area contributed by atoms with Gasteiger partial charge in [-0.1, -0.05) is 12.7 Å². The fourth-order valence-electron chi connectivity index (χ4n) is 4.40. The zero-order chi connectivity index (χ0) is 30.1. The minimum absolute atomic E-state index is 0.0934. The van der Waals surface area contributed by atoms with E-state index in [9.17, 15) is 29.1 Å². The third kappa shape index (κ3) is 6.18. The second kappa shape index (κ2) is 11.8. The largest absolute Gasteiger partial charge is 0.466 e. The van der Waals surface area contributed by atoms with Gasteiger partial charge in [-0.15, -0.1) is 0 Å². The fraction of sp³-hybridized carbons (Fsp3) is 0.536. The minimum atomic E-state index is -2.40. The van der Waals surface area contributed by atoms with Gasteiger partial charge in [0.15, 0.2) is 17.8 Å². The maximum atomic E-state index is 13.4. The van der Waals surface area contributed by atoms with Crippen molar-refractivity contribution in [3.8, 4) is 0 Å². The number of allylic oxidation sites excluding steroid dienone is 1. The molecule has 3 rings (SSSR count). The minimum Gasteiger partial charge on any atom is -0.466 e. The molecule has 1 aliphatic carbocycles. The molecule has 0 unspecified atom stereocenters. The molecule has 0 spiro atoms. The average Bonchev–Trinajstić information content (AvgIpc) is 3.61. The lowest BCUT2D eigenvalue weighted by atomic mass is 9.83. The van der Waals surface area contributed by atoms with Crippen molar-refractivity contribution in [3.63, 3.8) is 0 Å². The number of fused-ring (bicyclic) bond motifs is 2. The Bertz CT molecular complexity index is 1210. The second-order valence-corrected chi connectivity index (χ2v) is 10.0. The maximum absolute atomic E-state index is 13.4. The van der Waals surface area contributed by atoms with Crippen LogP contribution in [0, 0.1) is 5.92 Å². The second-order valence-electron chi connectivity index (χ2n) is 10.0. The van der Waals surface area contributed by atoms with Crippen LogP contribution in [0.15, 0.2) is 47.1 Å². The van der Waals surface area contributed by atoms with Crippen molar-refractivity contribution >= 4 is 29.8 Å². The monoisotopic (exact) mass is 562 g/mol. The van der Waals surface area contributed by atoms with Crippen molar-refractivity contribution in [2.45, 2.75) is 83.8 Å². The number of ether oxygens (including phenoxy) is 6. The van der Waals surface area contributed by atoms with Gasteiger partial charge in [-0.2, -0.15) is 0 Å². The number of carbonyl (C=O) groups is 5. The predicted molar refractivity (Wildman–Crippen MR) is 136 cm³/mol. The van der Waals surface area contributed by atoms with Crippen LogP contribution in [0.2, 0.25) is 0 Å². The lowest BCUT2D eigenvalue weighted by Crippen LogP contribution is -2.53. The summed E-state index contributed by atoms with van der Waals surface area (Å²) in [5, 5.41) is 11.0. The Hall–Kier alpha value is -3.77. The molecular formula is C28H34O12. The van der Waals surface area contributed by atoms with Crippen LogP contribution >= 0.6 is 0 Å². The molecule has 0 radical (unpaired) electrons. The van der Waals surface area contributed by atoms with Crippen molar-refractivity contribution < 1.29 is 57.5 Å². The van der Waals surface area contributed by atoms with Crippen molar-refractivity contribution in [3.05, 3.63) is 47.1 Å². The van der Waals surface area contributed by atoms with Crippen molar-refractivity contribution in [1.29, 1.82) is 0 Å². The molecule has 0 aromatic heterocycles. The van der Waals surface area contributed by atoms with Crippen LogP contribution in [0.4, 0.5) is 0 Å². The summed E-state index contributed by atoms with van der Waals surface area (Å²) in [5.41, 5.74) is -1.89. The first kappa shape index (κ1) is 30.8. The molecule has 2 aliphatic heterocycles. The highest BCUT2D eigenvalue weighted by Gasteiger charge is 2.54. The summed E-state index contributed by atoms with van der Waals surface area (Å²) in [6.45, 7) is 12.1. The van der Waals surface area contributed by atoms with E-state index in [1.165, 1.54) is 26.0 Å². The van der Waals surface area contributed by atoms with Crippen LogP contribution in [-0.2, 0) is 52.4 Å². The number of esters is 5. The Morgan fingerprint density at radius 3 is 2.38 bits per heavy atom. The molecule has 0 saturated carbocycles. The molecule has 0 aromatic rings. The van der Waals surface area contributed by atoms with E-state index < -0.39 is 78.0 Å². The van der Waals surface area contributed by atoms with Gasteiger partial charge in [0.2, 0.25) is 0 Å². The van der Waals surface area contributed by atoms with Crippen molar-refractivity contribution in [1.82, 2.24) is 0 Å². The third-order valence-electron chi connectivity index (χ3n) is 7.17. The van der Waals surface area contributed by atoms with Gasteiger partial charge in [0.05, 0.1) is 18.6 Å². The molecule has 40 heavy (non-hydrogen) atoms. The number of methoxy groups -OCH3 is 1. The van der Waals surface area contributed by atoms with E-state index in [-0.39, 0.29) is 16.7 Å². The molecule has 2 fully saturated rings. The SMILES string of the molecule is C=C1C(=O)O[C@@H]2/C=C(\C)[C@@H]3O[C@@H]3/C=C(/C(=O)OC)[C@H](OC(=O)[C@](C)(O)[C@H](C)OC(C)=O)[C@@H](OC(=O)/C(C)=C/C)[C@@H]12. The summed E-state index contributed by atoms with van der Waals surface area (Å²) in [7, 11) is 1.10. The molecule has 2 heterocycles. The van der Waals surface area contributed by atoms with Crippen LogP contribution in [-0.4, -0.2) is 84.3 Å². The maximum Gasteiger partial charge on any atom is 0.342 e. The van der Waals surface area contributed by atoms with E-state index in [1.54, 1.807) is 19.9 Å². The molecule has 12 heteroatoms. The molecular weight excluding hydrogens is 528 g/mol. The van der Waals surface area contributed by atoms with Gasteiger partial charge in [-0.05, 0) is 52.3 Å². The van der Waals surface area contributed by atoms with E-state index in [2.05, 4.69) is 6.58 Å². The number of rotatable bonds is 7. The van der Waals surface area contributed by atoms with Crippen LogP contribution in [0.25, 0.3) is 0 Å². The number of carbonyl (C=O) groups excluding carboxylic acids is 5. The Kier molecular flexibility index (Phi) is 9.05. The standard InChI is InChI=1S/C28H34O12/c1-9-12(2)24(30)39-23-20-14(4)25(31)38-18(20)10-13(3)21-19(37-21)11-17(26(32)35-8)22(23)40-27(33)28(7,34)15(5)36-16(6)29/h9-11,15,18-23,34H,4H2,1-3,5-8H3/b12-9+,13-10+,17-11+/t15-,18+,19+,20-,21-,22-,23-,28+/m0/s1. The Balaban J connectivity index is 2.21. The Labute approximate surface area is 231 Å². The lowest BCUT2D eigenvalue weighted by molar-refractivity contribution is -0.193. The van der Waals surface area contributed by atoms with Gasteiger partial charge in [0, 0.05) is 18.1 Å². The number of hydrogen-bond acceptors (Lipinski definition) is 12. The van der Waals surface area contributed by atoms with Crippen molar-refractivity contribution in [2.24, 2.45) is 5.92 Å². The fourth-order valence-corrected chi connectivity index (χ4v) is 4.40. The molecule has 0 bridgehead atoms. The topological polar surface area (TPSA) is 164 Å². The Morgan fingerprint density at radius 1 is 1.15 bits per heavy atom. The molecule has 8 atom stereocenters.